The molecule has 2 unspecified atom stereocenters. The fourth-order valence-corrected chi connectivity index (χ4v) is 6.36. The first-order valence-electron chi connectivity index (χ1n) is 6.25. The smallest absolute Gasteiger partial charge is 0.154 e. The summed E-state index contributed by atoms with van der Waals surface area (Å²) >= 11 is 6.60. The van der Waals surface area contributed by atoms with E-state index < -0.39 is 25.7 Å². The molecule has 0 bridgehead atoms. The van der Waals surface area contributed by atoms with Gasteiger partial charge in [-0.25, -0.2) is 12.8 Å². The van der Waals surface area contributed by atoms with Crippen LogP contribution in [0.5, 0.6) is 5.75 Å². The zero-order chi connectivity index (χ0) is 14.9. The lowest BCUT2D eigenvalue weighted by Gasteiger charge is -2.27. The number of rotatable bonds is 3. The highest BCUT2D eigenvalue weighted by Gasteiger charge is 2.36. The first kappa shape index (κ1) is 16.2. The molecule has 0 radical (unpaired) electrons. The average molecular weight is 430 g/mol. The molecule has 20 heavy (non-hydrogen) atoms. The molecule has 1 saturated heterocycles. The van der Waals surface area contributed by atoms with Crippen LogP contribution in [0.2, 0.25) is 0 Å². The standard InChI is InChI=1S/C13H15Br2FO3S/c1-19-11-7-10(16)9(14)6-8(11)13(15)12-4-2-3-5-20(12,17)18/h6-7,12-13H,2-5H2,1H3. The molecule has 1 aliphatic heterocycles. The maximum Gasteiger partial charge on any atom is 0.154 e. The Labute approximate surface area is 135 Å². The minimum atomic E-state index is -3.13. The maximum atomic E-state index is 13.5. The molecule has 1 aliphatic rings. The zero-order valence-electron chi connectivity index (χ0n) is 10.9. The van der Waals surface area contributed by atoms with Crippen molar-refractivity contribution >= 4 is 41.7 Å². The van der Waals surface area contributed by atoms with Crippen LogP contribution in [0, 0.1) is 5.82 Å². The van der Waals surface area contributed by atoms with Crippen molar-refractivity contribution in [3.05, 3.63) is 28.0 Å². The van der Waals surface area contributed by atoms with Crippen LogP contribution >= 0.6 is 31.9 Å². The Bertz CT molecular complexity index is 604. The van der Waals surface area contributed by atoms with Gasteiger partial charge in [0.1, 0.15) is 11.6 Å². The van der Waals surface area contributed by atoms with Crippen molar-refractivity contribution in [1.82, 2.24) is 0 Å². The minimum absolute atomic E-state index is 0.213. The Hall–Kier alpha value is -0.140. The third-order valence-corrected chi connectivity index (χ3v) is 7.90. The lowest BCUT2D eigenvalue weighted by molar-refractivity contribution is 0.404. The number of hydrogen-bond acceptors (Lipinski definition) is 3. The van der Waals surface area contributed by atoms with Gasteiger partial charge in [-0.2, -0.15) is 0 Å². The zero-order valence-corrected chi connectivity index (χ0v) is 14.9. The van der Waals surface area contributed by atoms with Gasteiger partial charge in [-0.3, -0.25) is 0 Å². The van der Waals surface area contributed by atoms with Gasteiger partial charge in [-0.15, -0.1) is 0 Å². The second kappa shape index (κ2) is 6.32. The van der Waals surface area contributed by atoms with Gasteiger partial charge in [0.05, 0.1) is 27.4 Å². The third kappa shape index (κ3) is 3.20. The highest BCUT2D eigenvalue weighted by molar-refractivity contribution is 9.10. The number of benzene rings is 1. The third-order valence-electron chi connectivity index (χ3n) is 3.52. The summed E-state index contributed by atoms with van der Waals surface area (Å²) in [6, 6.07) is 2.85. The van der Waals surface area contributed by atoms with E-state index in [1.807, 2.05) is 0 Å². The Kier molecular flexibility index (Phi) is 5.13. The molecule has 7 heteroatoms. The number of ether oxygens (including phenoxy) is 1. The van der Waals surface area contributed by atoms with Gasteiger partial charge in [0, 0.05) is 11.6 Å². The SMILES string of the molecule is COc1cc(F)c(Br)cc1C(Br)C1CCCCS1(=O)=O. The molecule has 3 nitrogen and oxygen atoms in total. The number of alkyl halides is 1. The summed E-state index contributed by atoms with van der Waals surface area (Å²) in [6.45, 7) is 0. The molecule has 2 atom stereocenters. The van der Waals surface area contributed by atoms with E-state index in [-0.39, 0.29) is 5.75 Å². The fourth-order valence-electron chi connectivity index (χ4n) is 2.44. The molecular formula is C13H15Br2FO3S. The molecule has 2 rings (SSSR count). The van der Waals surface area contributed by atoms with Crippen LogP contribution in [0.25, 0.3) is 0 Å². The lowest BCUT2D eigenvalue weighted by atomic mass is 10.0. The molecule has 0 saturated carbocycles. The van der Waals surface area contributed by atoms with E-state index >= 15 is 0 Å². The Morgan fingerprint density at radius 1 is 1.40 bits per heavy atom. The van der Waals surface area contributed by atoms with E-state index in [4.69, 9.17) is 4.74 Å². The second-order valence-electron chi connectivity index (χ2n) is 4.81. The van der Waals surface area contributed by atoms with E-state index in [0.29, 0.717) is 28.6 Å². The van der Waals surface area contributed by atoms with Crippen LogP contribution < -0.4 is 4.74 Å². The highest BCUT2D eigenvalue weighted by Crippen LogP contribution is 2.42. The van der Waals surface area contributed by atoms with Gasteiger partial charge in [0.25, 0.3) is 0 Å². The molecule has 1 heterocycles. The summed E-state index contributed by atoms with van der Waals surface area (Å²) in [5.74, 6) is 0.134. The van der Waals surface area contributed by atoms with Crippen molar-refractivity contribution in [3.8, 4) is 5.75 Å². The summed E-state index contributed by atoms with van der Waals surface area (Å²) in [6.07, 6.45) is 2.20. The van der Waals surface area contributed by atoms with E-state index in [1.165, 1.54) is 13.2 Å². The van der Waals surface area contributed by atoms with Crippen molar-refractivity contribution in [2.24, 2.45) is 0 Å². The summed E-state index contributed by atoms with van der Waals surface area (Å²) < 4.78 is 43.4. The van der Waals surface area contributed by atoms with E-state index in [0.717, 1.165) is 6.42 Å². The summed E-state index contributed by atoms with van der Waals surface area (Å²) in [5.41, 5.74) is 0.649. The molecular weight excluding hydrogens is 415 g/mol. The average Bonchev–Trinajstić information content (AvgIpc) is 2.40. The van der Waals surface area contributed by atoms with Crippen LogP contribution in [0.1, 0.15) is 29.7 Å². The van der Waals surface area contributed by atoms with Gasteiger partial charge < -0.3 is 4.74 Å². The highest BCUT2D eigenvalue weighted by atomic mass is 79.9. The van der Waals surface area contributed by atoms with Crippen LogP contribution in [0.4, 0.5) is 4.39 Å². The Morgan fingerprint density at radius 3 is 2.70 bits per heavy atom. The molecule has 0 spiro atoms. The second-order valence-corrected chi connectivity index (χ2v) is 8.99. The predicted molar refractivity (Wildman–Crippen MR) is 83.7 cm³/mol. The van der Waals surface area contributed by atoms with Gasteiger partial charge in [0.15, 0.2) is 9.84 Å². The van der Waals surface area contributed by atoms with Gasteiger partial charge >= 0.3 is 0 Å². The van der Waals surface area contributed by atoms with Crippen molar-refractivity contribution in [3.63, 3.8) is 0 Å². The molecule has 0 N–H and O–H groups in total. The van der Waals surface area contributed by atoms with Gasteiger partial charge in [-0.05, 0) is 34.8 Å². The maximum absolute atomic E-state index is 13.5. The first-order valence-corrected chi connectivity index (χ1v) is 9.68. The van der Waals surface area contributed by atoms with Crippen LogP contribution in [-0.4, -0.2) is 26.5 Å². The van der Waals surface area contributed by atoms with Gasteiger partial charge in [0.2, 0.25) is 0 Å². The summed E-state index contributed by atoms with van der Waals surface area (Å²) in [4.78, 5) is -0.403. The van der Waals surface area contributed by atoms with Crippen LogP contribution in [0.3, 0.4) is 0 Å². The van der Waals surface area contributed by atoms with E-state index in [9.17, 15) is 12.8 Å². The van der Waals surface area contributed by atoms with Gasteiger partial charge in [-0.1, -0.05) is 22.4 Å². The van der Waals surface area contributed by atoms with Crippen LogP contribution in [-0.2, 0) is 9.84 Å². The molecule has 1 aromatic carbocycles. The number of hydrogen-bond donors (Lipinski definition) is 0. The molecule has 0 amide bonds. The minimum Gasteiger partial charge on any atom is -0.496 e. The first-order chi connectivity index (χ1) is 9.36. The van der Waals surface area contributed by atoms with E-state index in [1.54, 1.807) is 6.07 Å². The fraction of sp³-hybridized carbons (Fsp3) is 0.538. The predicted octanol–water partition coefficient (Wildman–Crippen LogP) is 4.00. The summed E-state index contributed by atoms with van der Waals surface area (Å²) in [5, 5.41) is -0.498. The molecule has 1 fully saturated rings. The summed E-state index contributed by atoms with van der Waals surface area (Å²) in [7, 11) is -1.68. The largest absolute Gasteiger partial charge is 0.496 e. The van der Waals surface area contributed by atoms with Crippen molar-refractivity contribution < 1.29 is 17.5 Å². The number of halogens is 3. The Morgan fingerprint density at radius 2 is 2.10 bits per heavy atom. The Balaban J connectivity index is 2.42. The lowest BCUT2D eigenvalue weighted by Crippen LogP contribution is -2.31. The molecule has 1 aromatic rings. The van der Waals surface area contributed by atoms with Crippen molar-refractivity contribution in [2.45, 2.75) is 29.3 Å². The molecule has 0 aliphatic carbocycles. The quantitative estimate of drug-likeness (QED) is 0.682. The van der Waals surface area contributed by atoms with E-state index in [2.05, 4.69) is 31.9 Å². The number of sulfone groups is 1. The normalized spacial score (nSPS) is 23.3. The monoisotopic (exact) mass is 428 g/mol. The van der Waals surface area contributed by atoms with Crippen LogP contribution in [0.15, 0.2) is 16.6 Å². The van der Waals surface area contributed by atoms with Crippen molar-refractivity contribution in [2.75, 3.05) is 12.9 Å². The number of methoxy groups -OCH3 is 1. The van der Waals surface area contributed by atoms with Crippen molar-refractivity contribution in [1.29, 1.82) is 0 Å². The topological polar surface area (TPSA) is 43.4 Å². The molecule has 0 aromatic heterocycles. The molecule has 112 valence electrons.